The van der Waals surface area contributed by atoms with Gasteiger partial charge in [-0.05, 0) is 29.8 Å². The maximum absolute atomic E-state index is 12.0. The largest absolute Gasteiger partial charge is 0.308 e. The Morgan fingerprint density at radius 2 is 2.21 bits per heavy atom. The molecule has 0 spiro atoms. The number of rotatable bonds is 2. The number of hydrogen-bond donors (Lipinski definition) is 1. The van der Waals surface area contributed by atoms with E-state index in [1.54, 1.807) is 24.3 Å². The van der Waals surface area contributed by atoms with E-state index in [1.807, 2.05) is 47.2 Å². The molecule has 3 aromatic rings. The van der Waals surface area contributed by atoms with Crippen molar-refractivity contribution in [3.8, 4) is 5.69 Å². The zero-order chi connectivity index (χ0) is 16.5. The average Bonchev–Trinajstić information content (AvgIpc) is 2.92. The minimum absolute atomic E-state index is 0.0471. The second-order valence-electron chi connectivity index (χ2n) is 5.35. The molecule has 5 nitrogen and oxygen atoms in total. The van der Waals surface area contributed by atoms with Crippen molar-refractivity contribution in [2.45, 2.75) is 5.25 Å². The predicted molar refractivity (Wildman–Crippen MR) is 95.7 cm³/mol. The minimum atomic E-state index is -0.0519. The number of hydrogen-bond acceptors (Lipinski definition) is 4. The highest BCUT2D eigenvalue weighted by Crippen LogP contribution is 2.41. The summed E-state index contributed by atoms with van der Waals surface area (Å²) < 4.78 is 1.97. The number of nitrogens with zero attached hydrogens (tertiary/aromatic N) is 3. The lowest BCUT2D eigenvalue weighted by Gasteiger charge is -2.17. The Labute approximate surface area is 148 Å². The molecular formula is C17H13ClN4OS. The lowest BCUT2D eigenvalue weighted by atomic mass is 10.1. The summed E-state index contributed by atoms with van der Waals surface area (Å²) in [5.41, 5.74) is 2.85. The van der Waals surface area contributed by atoms with Crippen LogP contribution in [0.25, 0.3) is 5.69 Å². The van der Waals surface area contributed by atoms with Gasteiger partial charge in [-0.25, -0.2) is 4.98 Å². The number of carbonyl (C=O) groups is 1. The summed E-state index contributed by atoms with van der Waals surface area (Å²) >= 11 is 7.69. The van der Waals surface area contributed by atoms with E-state index in [0.717, 1.165) is 16.9 Å². The third-order valence-electron chi connectivity index (χ3n) is 3.77. The summed E-state index contributed by atoms with van der Waals surface area (Å²) in [5.74, 6) is 0.897. The Kier molecular flexibility index (Phi) is 4.00. The number of nitrogens with one attached hydrogen (secondary N) is 1. The second kappa shape index (κ2) is 6.30. The SMILES string of the molecule is O=C1CSC(c2cccnc2)c2c(ncn2-c2cccc(Cl)c2)N1. The molecule has 0 fully saturated rings. The molecule has 0 saturated heterocycles. The highest BCUT2D eigenvalue weighted by atomic mass is 35.5. The normalized spacial score (nSPS) is 17.0. The van der Waals surface area contributed by atoms with E-state index in [0.29, 0.717) is 16.6 Å². The molecule has 1 amide bonds. The number of aromatic nitrogens is 3. The van der Waals surface area contributed by atoms with Crippen LogP contribution in [-0.2, 0) is 4.79 Å². The van der Waals surface area contributed by atoms with Crippen LogP contribution in [-0.4, -0.2) is 26.2 Å². The maximum atomic E-state index is 12.0. The molecule has 2 aromatic heterocycles. The first-order valence-electron chi connectivity index (χ1n) is 7.37. The molecule has 1 aliphatic rings. The van der Waals surface area contributed by atoms with Gasteiger partial charge in [-0.15, -0.1) is 11.8 Å². The van der Waals surface area contributed by atoms with Crippen molar-refractivity contribution < 1.29 is 4.79 Å². The molecule has 7 heteroatoms. The van der Waals surface area contributed by atoms with Crippen molar-refractivity contribution in [3.63, 3.8) is 0 Å². The maximum Gasteiger partial charge on any atom is 0.235 e. The van der Waals surface area contributed by atoms with Crippen LogP contribution >= 0.6 is 23.4 Å². The van der Waals surface area contributed by atoms with Crippen LogP contribution in [0.5, 0.6) is 0 Å². The van der Waals surface area contributed by atoms with Gasteiger partial charge in [-0.2, -0.15) is 0 Å². The number of pyridine rings is 1. The minimum Gasteiger partial charge on any atom is -0.308 e. The van der Waals surface area contributed by atoms with E-state index in [2.05, 4.69) is 15.3 Å². The van der Waals surface area contributed by atoms with Crippen LogP contribution in [0, 0.1) is 0 Å². The smallest absolute Gasteiger partial charge is 0.235 e. The first-order valence-corrected chi connectivity index (χ1v) is 8.79. The van der Waals surface area contributed by atoms with Crippen LogP contribution in [0.2, 0.25) is 5.02 Å². The summed E-state index contributed by atoms with van der Waals surface area (Å²) in [6.07, 6.45) is 5.28. The van der Waals surface area contributed by atoms with E-state index in [1.165, 1.54) is 0 Å². The zero-order valence-electron chi connectivity index (χ0n) is 12.5. The van der Waals surface area contributed by atoms with Gasteiger partial charge in [0, 0.05) is 23.1 Å². The molecule has 3 heterocycles. The van der Waals surface area contributed by atoms with Gasteiger partial charge in [-0.3, -0.25) is 14.3 Å². The molecule has 4 rings (SSSR count). The van der Waals surface area contributed by atoms with Gasteiger partial charge < -0.3 is 5.32 Å². The van der Waals surface area contributed by atoms with Crippen molar-refractivity contribution in [1.29, 1.82) is 0 Å². The lowest BCUT2D eigenvalue weighted by molar-refractivity contribution is -0.113. The molecular weight excluding hydrogens is 344 g/mol. The van der Waals surface area contributed by atoms with Crippen molar-refractivity contribution >= 4 is 35.1 Å². The van der Waals surface area contributed by atoms with E-state index < -0.39 is 0 Å². The second-order valence-corrected chi connectivity index (χ2v) is 6.88. The third kappa shape index (κ3) is 2.79. The Balaban J connectivity index is 1.89. The van der Waals surface area contributed by atoms with E-state index in [4.69, 9.17) is 11.6 Å². The molecule has 1 unspecified atom stereocenters. The zero-order valence-corrected chi connectivity index (χ0v) is 14.1. The van der Waals surface area contributed by atoms with E-state index >= 15 is 0 Å². The number of carbonyl (C=O) groups excluding carboxylic acids is 1. The molecule has 0 aliphatic carbocycles. The molecule has 120 valence electrons. The first kappa shape index (κ1) is 15.2. The van der Waals surface area contributed by atoms with Gasteiger partial charge in [0.2, 0.25) is 5.91 Å². The standard InChI is InChI=1S/C17H13ClN4OS/c18-12-4-1-5-13(7-12)22-10-20-17-15(22)16(24-9-14(23)21-17)11-3-2-6-19-8-11/h1-8,10,16H,9H2,(H,21,23). The van der Waals surface area contributed by atoms with Gasteiger partial charge in [-0.1, -0.05) is 23.7 Å². The topological polar surface area (TPSA) is 59.8 Å². The summed E-state index contributed by atoms with van der Waals surface area (Å²) in [7, 11) is 0. The Morgan fingerprint density at radius 1 is 1.29 bits per heavy atom. The van der Waals surface area contributed by atoms with Crippen molar-refractivity contribution in [2.24, 2.45) is 0 Å². The number of fused-ring (bicyclic) bond motifs is 1. The number of thioether (sulfide) groups is 1. The van der Waals surface area contributed by atoms with E-state index in [9.17, 15) is 4.79 Å². The number of halogens is 1. The van der Waals surface area contributed by atoms with Crippen LogP contribution in [0.3, 0.4) is 0 Å². The Morgan fingerprint density at radius 3 is 3.00 bits per heavy atom. The molecule has 0 radical (unpaired) electrons. The number of amides is 1. The number of anilines is 1. The van der Waals surface area contributed by atoms with Crippen molar-refractivity contribution in [1.82, 2.24) is 14.5 Å². The summed E-state index contributed by atoms with van der Waals surface area (Å²) in [4.78, 5) is 20.6. The van der Waals surface area contributed by atoms with Crippen molar-refractivity contribution in [3.05, 3.63) is 71.4 Å². The fraction of sp³-hybridized carbons (Fsp3) is 0.118. The highest BCUT2D eigenvalue weighted by molar-refractivity contribution is 8.00. The van der Waals surface area contributed by atoms with Gasteiger partial charge >= 0.3 is 0 Å². The van der Waals surface area contributed by atoms with Gasteiger partial charge in [0.25, 0.3) is 0 Å². The van der Waals surface area contributed by atoms with Gasteiger partial charge in [0.1, 0.15) is 6.33 Å². The van der Waals surface area contributed by atoms with Crippen LogP contribution in [0.4, 0.5) is 5.82 Å². The summed E-state index contributed by atoms with van der Waals surface area (Å²) in [6.45, 7) is 0. The number of imidazole rings is 1. The third-order valence-corrected chi connectivity index (χ3v) is 5.26. The highest BCUT2D eigenvalue weighted by Gasteiger charge is 2.29. The number of benzene rings is 1. The summed E-state index contributed by atoms with van der Waals surface area (Å²) in [5, 5.41) is 3.49. The molecule has 1 aliphatic heterocycles. The Hall–Kier alpha value is -2.31. The lowest BCUT2D eigenvalue weighted by Crippen LogP contribution is -2.12. The molecule has 1 atom stereocenters. The van der Waals surface area contributed by atoms with Gasteiger partial charge in [0.05, 0.1) is 16.7 Å². The van der Waals surface area contributed by atoms with Crippen LogP contribution in [0.15, 0.2) is 55.1 Å². The quantitative estimate of drug-likeness (QED) is 0.760. The van der Waals surface area contributed by atoms with Crippen LogP contribution < -0.4 is 5.32 Å². The molecule has 1 aromatic carbocycles. The molecule has 0 bridgehead atoms. The van der Waals surface area contributed by atoms with E-state index in [-0.39, 0.29) is 11.2 Å². The monoisotopic (exact) mass is 356 g/mol. The first-order chi connectivity index (χ1) is 11.7. The molecule has 24 heavy (non-hydrogen) atoms. The fourth-order valence-corrected chi connectivity index (χ4v) is 4.02. The summed E-state index contributed by atoms with van der Waals surface area (Å²) in [6, 6.07) is 11.5. The fourth-order valence-electron chi connectivity index (χ4n) is 2.73. The Bertz CT molecular complexity index is 897. The van der Waals surface area contributed by atoms with Crippen LogP contribution in [0.1, 0.15) is 16.5 Å². The average molecular weight is 357 g/mol. The predicted octanol–water partition coefficient (Wildman–Crippen LogP) is 3.70. The molecule has 1 N–H and O–H groups in total. The molecule has 0 saturated carbocycles. The van der Waals surface area contributed by atoms with Crippen molar-refractivity contribution in [2.75, 3.05) is 11.1 Å². The van der Waals surface area contributed by atoms with Gasteiger partial charge in [0.15, 0.2) is 5.82 Å².